The highest BCUT2D eigenvalue weighted by atomic mass is 16.3. The van der Waals surface area contributed by atoms with E-state index in [9.17, 15) is 10.2 Å². The number of hydrogen-bond acceptors (Lipinski definition) is 2. The number of aliphatic hydroxyl groups excluding tert-OH is 1. The van der Waals surface area contributed by atoms with E-state index in [1.54, 1.807) is 19.1 Å². The number of hydrogen-bond donors (Lipinski definition) is 2. The molecule has 2 heteroatoms. The van der Waals surface area contributed by atoms with Gasteiger partial charge in [-0.1, -0.05) is 35.5 Å². The van der Waals surface area contributed by atoms with Crippen LogP contribution in [0.25, 0.3) is 0 Å². The van der Waals surface area contributed by atoms with Gasteiger partial charge in [-0.15, -0.1) is 0 Å². The molecule has 2 N–H and O–H groups in total. The molecule has 1 aliphatic carbocycles. The van der Waals surface area contributed by atoms with E-state index in [0.717, 1.165) is 32.1 Å². The van der Waals surface area contributed by atoms with Gasteiger partial charge in [0.2, 0.25) is 0 Å². The predicted octanol–water partition coefficient (Wildman–Crippen LogP) is 3.90. The summed E-state index contributed by atoms with van der Waals surface area (Å²) in [5.41, 5.74) is 1.90. The van der Waals surface area contributed by atoms with E-state index in [0.29, 0.717) is 6.42 Å². The van der Waals surface area contributed by atoms with Crippen LogP contribution in [0.3, 0.4) is 0 Å². The molecule has 0 aromatic heterocycles. The molecule has 0 aromatic carbocycles. The van der Waals surface area contributed by atoms with Crippen LogP contribution in [0.2, 0.25) is 0 Å². The lowest BCUT2D eigenvalue weighted by Gasteiger charge is -2.19. The Hall–Kier alpha value is -0.860. The van der Waals surface area contributed by atoms with Crippen molar-refractivity contribution in [2.75, 3.05) is 0 Å². The van der Waals surface area contributed by atoms with Crippen LogP contribution in [0.1, 0.15) is 59.3 Å². The third kappa shape index (κ3) is 7.34. The van der Waals surface area contributed by atoms with Crippen molar-refractivity contribution in [2.45, 2.75) is 71.0 Å². The molecule has 108 valence electrons. The number of allylic oxidation sites excluding steroid dienone is 4. The molecule has 0 fully saturated rings. The van der Waals surface area contributed by atoms with Gasteiger partial charge in [0, 0.05) is 0 Å². The van der Waals surface area contributed by atoms with Gasteiger partial charge in [-0.3, -0.25) is 0 Å². The first-order chi connectivity index (χ1) is 8.89. The van der Waals surface area contributed by atoms with Crippen LogP contribution in [-0.2, 0) is 0 Å². The van der Waals surface area contributed by atoms with Crippen molar-refractivity contribution >= 4 is 0 Å². The average molecular weight is 264 g/mol. The molecule has 0 heterocycles. The molecule has 0 spiro atoms. The van der Waals surface area contributed by atoms with Crippen LogP contribution < -0.4 is 0 Å². The maximum atomic E-state index is 10.2. The quantitative estimate of drug-likeness (QED) is 0.651. The third-order valence-corrected chi connectivity index (χ3v) is 3.69. The second-order valence-corrected chi connectivity index (χ2v) is 6.00. The normalized spacial score (nSPS) is 38.5. The van der Waals surface area contributed by atoms with Gasteiger partial charge in [0.25, 0.3) is 0 Å². The standard InChI is InChI=1S/C17H28O2/c1-14-6-4-7-15(2)9-10-16(18)11-13-17(3,19)12-5-8-14/h7-8,11,13,16,18-19H,4-6,9-10,12H2,1-3H3/b13-11+,14-8+,15-7+/t16-,17-/m1/s1. The van der Waals surface area contributed by atoms with Gasteiger partial charge in [-0.2, -0.15) is 0 Å². The SMILES string of the molecule is C/C1=C\CC[C@@](C)(O)/C=C/[C@H](O)CC/C(C)=C/CC1. The summed E-state index contributed by atoms with van der Waals surface area (Å²) in [6.07, 6.45) is 12.9. The molecule has 1 aliphatic rings. The summed E-state index contributed by atoms with van der Waals surface area (Å²) >= 11 is 0. The first-order valence-corrected chi connectivity index (χ1v) is 7.30. The molecule has 1 rings (SSSR count). The van der Waals surface area contributed by atoms with Crippen molar-refractivity contribution in [1.82, 2.24) is 0 Å². The Morgan fingerprint density at radius 1 is 1.11 bits per heavy atom. The Balaban J connectivity index is 2.75. The van der Waals surface area contributed by atoms with Gasteiger partial charge < -0.3 is 10.2 Å². The molecule has 0 aromatic rings. The lowest BCUT2D eigenvalue weighted by Crippen LogP contribution is -2.21. The van der Waals surface area contributed by atoms with E-state index < -0.39 is 11.7 Å². The second kappa shape index (κ2) is 7.66. The zero-order valence-corrected chi connectivity index (χ0v) is 12.5. The average Bonchev–Trinajstić information content (AvgIpc) is 2.33. The largest absolute Gasteiger partial charge is 0.389 e. The van der Waals surface area contributed by atoms with Crippen LogP contribution >= 0.6 is 0 Å². The Morgan fingerprint density at radius 3 is 2.47 bits per heavy atom. The lowest BCUT2D eigenvalue weighted by atomic mass is 9.96. The van der Waals surface area contributed by atoms with Crippen molar-refractivity contribution in [3.8, 4) is 0 Å². The fourth-order valence-corrected chi connectivity index (χ4v) is 2.23. The molecule has 0 amide bonds. The minimum atomic E-state index is -0.827. The highest BCUT2D eigenvalue weighted by molar-refractivity contribution is 5.08. The summed E-state index contributed by atoms with van der Waals surface area (Å²) in [5, 5.41) is 20.1. The maximum Gasteiger partial charge on any atom is 0.0803 e. The Labute approximate surface area is 117 Å². The predicted molar refractivity (Wildman–Crippen MR) is 81.0 cm³/mol. The summed E-state index contributed by atoms with van der Waals surface area (Å²) in [7, 11) is 0. The van der Waals surface area contributed by atoms with Crippen molar-refractivity contribution in [1.29, 1.82) is 0 Å². The lowest BCUT2D eigenvalue weighted by molar-refractivity contribution is 0.100. The van der Waals surface area contributed by atoms with E-state index in [1.165, 1.54) is 11.1 Å². The molecule has 0 aliphatic heterocycles. The van der Waals surface area contributed by atoms with Crippen LogP contribution in [0.15, 0.2) is 35.5 Å². The smallest absolute Gasteiger partial charge is 0.0803 e. The third-order valence-electron chi connectivity index (χ3n) is 3.69. The Morgan fingerprint density at radius 2 is 1.74 bits per heavy atom. The molecule has 0 radical (unpaired) electrons. The minimum absolute atomic E-state index is 0.463. The topological polar surface area (TPSA) is 40.5 Å². The van der Waals surface area contributed by atoms with Crippen molar-refractivity contribution < 1.29 is 10.2 Å². The number of aliphatic hydroxyl groups is 2. The molecule has 2 nitrogen and oxygen atoms in total. The van der Waals surface area contributed by atoms with E-state index in [2.05, 4.69) is 26.0 Å². The van der Waals surface area contributed by atoms with Crippen LogP contribution in [0.4, 0.5) is 0 Å². The number of rotatable bonds is 0. The second-order valence-electron chi connectivity index (χ2n) is 6.00. The van der Waals surface area contributed by atoms with Crippen LogP contribution in [0, 0.1) is 0 Å². The zero-order valence-electron chi connectivity index (χ0n) is 12.5. The van der Waals surface area contributed by atoms with Gasteiger partial charge in [0.1, 0.15) is 0 Å². The highest BCUT2D eigenvalue weighted by Gasteiger charge is 2.15. The molecule has 19 heavy (non-hydrogen) atoms. The maximum absolute atomic E-state index is 10.2. The molecular formula is C17H28O2. The molecule has 0 bridgehead atoms. The first-order valence-electron chi connectivity index (χ1n) is 7.30. The zero-order chi connectivity index (χ0) is 14.3. The van der Waals surface area contributed by atoms with E-state index >= 15 is 0 Å². The van der Waals surface area contributed by atoms with Gasteiger partial charge in [-0.25, -0.2) is 0 Å². The molecule has 0 saturated heterocycles. The summed E-state index contributed by atoms with van der Waals surface area (Å²) in [6, 6.07) is 0. The molecular weight excluding hydrogens is 236 g/mol. The summed E-state index contributed by atoms with van der Waals surface area (Å²) in [5.74, 6) is 0. The van der Waals surface area contributed by atoms with E-state index in [1.807, 2.05) is 0 Å². The van der Waals surface area contributed by atoms with Crippen LogP contribution in [-0.4, -0.2) is 21.9 Å². The summed E-state index contributed by atoms with van der Waals surface area (Å²) in [4.78, 5) is 0. The van der Waals surface area contributed by atoms with Crippen molar-refractivity contribution in [3.05, 3.63) is 35.5 Å². The Bertz CT molecular complexity index is 361. The fourth-order valence-electron chi connectivity index (χ4n) is 2.23. The van der Waals surface area contributed by atoms with Gasteiger partial charge >= 0.3 is 0 Å². The molecule has 0 saturated carbocycles. The van der Waals surface area contributed by atoms with Crippen molar-refractivity contribution in [3.63, 3.8) is 0 Å². The van der Waals surface area contributed by atoms with Crippen molar-refractivity contribution in [2.24, 2.45) is 0 Å². The first kappa shape index (κ1) is 16.2. The van der Waals surface area contributed by atoms with E-state index in [4.69, 9.17) is 0 Å². The summed E-state index contributed by atoms with van der Waals surface area (Å²) in [6.45, 7) is 6.08. The van der Waals surface area contributed by atoms with Gasteiger partial charge in [0.15, 0.2) is 0 Å². The fraction of sp³-hybridized carbons (Fsp3) is 0.647. The highest BCUT2D eigenvalue weighted by Crippen LogP contribution is 2.19. The summed E-state index contributed by atoms with van der Waals surface area (Å²) < 4.78 is 0. The van der Waals surface area contributed by atoms with Gasteiger partial charge in [0.05, 0.1) is 11.7 Å². The minimum Gasteiger partial charge on any atom is -0.389 e. The molecule has 2 atom stereocenters. The van der Waals surface area contributed by atoms with Crippen LogP contribution in [0.5, 0.6) is 0 Å². The van der Waals surface area contributed by atoms with E-state index in [-0.39, 0.29) is 0 Å². The van der Waals surface area contributed by atoms with Gasteiger partial charge in [-0.05, 0) is 59.3 Å². The monoisotopic (exact) mass is 264 g/mol. The Kier molecular flexibility index (Phi) is 6.53. The molecule has 0 unspecified atom stereocenters.